The van der Waals surface area contributed by atoms with Gasteiger partial charge in [0.1, 0.15) is 34.7 Å². The maximum Gasteiger partial charge on any atom is 0.410 e. The predicted molar refractivity (Wildman–Crippen MR) is 152 cm³/mol. The maximum atomic E-state index is 14.7. The van der Waals surface area contributed by atoms with E-state index in [2.05, 4.69) is 15.3 Å². The van der Waals surface area contributed by atoms with Crippen LogP contribution in [-0.2, 0) is 9.47 Å². The van der Waals surface area contributed by atoms with Crippen molar-refractivity contribution in [3.05, 3.63) is 47.2 Å². The zero-order valence-corrected chi connectivity index (χ0v) is 24.4. The number of anilines is 2. The van der Waals surface area contributed by atoms with E-state index in [4.69, 9.17) is 30.5 Å². The summed E-state index contributed by atoms with van der Waals surface area (Å²) in [6, 6.07) is 5.91. The van der Waals surface area contributed by atoms with Crippen LogP contribution in [0.5, 0.6) is 11.5 Å². The first kappa shape index (κ1) is 28.7. The molecular formula is C30H33ClF2N4O5. The number of aromatic nitrogens is 2. The molecule has 0 bridgehead atoms. The molecule has 1 saturated carbocycles. The highest BCUT2D eigenvalue weighted by molar-refractivity contribution is 6.31. The Kier molecular flexibility index (Phi) is 7.74. The van der Waals surface area contributed by atoms with Crippen LogP contribution in [0.4, 0.5) is 25.1 Å². The van der Waals surface area contributed by atoms with Gasteiger partial charge in [-0.3, -0.25) is 0 Å². The zero-order valence-electron chi connectivity index (χ0n) is 23.7. The first-order valence-corrected chi connectivity index (χ1v) is 14.5. The third kappa shape index (κ3) is 6.03. The Labute approximate surface area is 247 Å². The molecule has 1 amide bonds. The lowest BCUT2D eigenvalue weighted by Gasteiger charge is -2.25. The smallest absolute Gasteiger partial charge is 0.410 e. The molecule has 3 heterocycles. The van der Waals surface area contributed by atoms with Crippen LogP contribution in [0.25, 0.3) is 10.9 Å². The number of rotatable bonds is 6. The quantitative estimate of drug-likeness (QED) is 0.320. The highest BCUT2D eigenvalue weighted by Crippen LogP contribution is 2.43. The molecule has 2 aliphatic heterocycles. The molecule has 1 aliphatic carbocycles. The molecule has 0 spiro atoms. The van der Waals surface area contributed by atoms with Crippen molar-refractivity contribution in [2.24, 2.45) is 11.8 Å². The van der Waals surface area contributed by atoms with Gasteiger partial charge in [-0.1, -0.05) is 11.6 Å². The van der Waals surface area contributed by atoms with Crippen molar-refractivity contribution in [2.45, 2.75) is 57.8 Å². The fourth-order valence-electron chi connectivity index (χ4n) is 5.88. The highest BCUT2D eigenvalue weighted by atomic mass is 35.5. The summed E-state index contributed by atoms with van der Waals surface area (Å²) in [5.41, 5.74) is -0.00666. The summed E-state index contributed by atoms with van der Waals surface area (Å²) in [4.78, 5) is 23.1. The van der Waals surface area contributed by atoms with Crippen LogP contribution in [0.15, 0.2) is 30.6 Å². The molecule has 1 unspecified atom stereocenters. The topological polar surface area (TPSA) is 95.0 Å². The second-order valence-electron chi connectivity index (χ2n) is 12.1. The van der Waals surface area contributed by atoms with Gasteiger partial charge in [0.05, 0.1) is 30.5 Å². The number of hydrogen-bond acceptors (Lipinski definition) is 8. The molecule has 6 rings (SSSR count). The average molecular weight is 603 g/mol. The average Bonchev–Trinajstić information content (AvgIpc) is 3.66. The van der Waals surface area contributed by atoms with Crippen LogP contribution < -0.4 is 14.8 Å². The summed E-state index contributed by atoms with van der Waals surface area (Å²) in [6.07, 6.45) is 3.18. The number of nitrogens with zero attached hydrogens (tertiary/aromatic N) is 3. The molecule has 12 heteroatoms. The molecule has 2 saturated heterocycles. The van der Waals surface area contributed by atoms with Gasteiger partial charge in [-0.2, -0.15) is 0 Å². The fourth-order valence-corrected chi connectivity index (χ4v) is 6.04. The van der Waals surface area contributed by atoms with Crippen molar-refractivity contribution in [3.8, 4) is 11.5 Å². The van der Waals surface area contributed by atoms with Crippen LogP contribution in [0.3, 0.4) is 0 Å². The van der Waals surface area contributed by atoms with E-state index in [9.17, 15) is 13.6 Å². The normalized spacial score (nSPS) is 23.7. The molecule has 4 atom stereocenters. The number of nitrogens with one attached hydrogen (secondary N) is 1. The Morgan fingerprint density at radius 2 is 1.79 bits per heavy atom. The van der Waals surface area contributed by atoms with Gasteiger partial charge in [0.25, 0.3) is 0 Å². The van der Waals surface area contributed by atoms with E-state index in [1.54, 1.807) is 17.0 Å². The maximum absolute atomic E-state index is 14.7. The van der Waals surface area contributed by atoms with Crippen molar-refractivity contribution in [2.75, 3.05) is 31.6 Å². The van der Waals surface area contributed by atoms with Crippen LogP contribution >= 0.6 is 11.6 Å². The van der Waals surface area contributed by atoms with Gasteiger partial charge in [0.2, 0.25) is 0 Å². The van der Waals surface area contributed by atoms with Gasteiger partial charge >= 0.3 is 6.09 Å². The first-order chi connectivity index (χ1) is 20.0. The van der Waals surface area contributed by atoms with Crippen molar-refractivity contribution in [1.29, 1.82) is 0 Å². The number of carbonyl (C=O) groups is 1. The molecular weight excluding hydrogens is 570 g/mol. The summed E-state index contributed by atoms with van der Waals surface area (Å²) < 4.78 is 52.4. The summed E-state index contributed by atoms with van der Waals surface area (Å²) in [6.45, 7) is 7.96. The second kappa shape index (κ2) is 11.3. The van der Waals surface area contributed by atoms with Crippen LogP contribution in [0.2, 0.25) is 5.02 Å². The predicted octanol–water partition coefficient (Wildman–Crippen LogP) is 6.50. The molecule has 3 aromatic rings. The Balaban J connectivity index is 1.25. The van der Waals surface area contributed by atoms with E-state index in [1.807, 2.05) is 20.8 Å². The van der Waals surface area contributed by atoms with Gasteiger partial charge in [0, 0.05) is 31.0 Å². The third-order valence-electron chi connectivity index (χ3n) is 7.82. The van der Waals surface area contributed by atoms with Crippen LogP contribution in [-0.4, -0.2) is 65.1 Å². The zero-order chi connectivity index (χ0) is 29.6. The van der Waals surface area contributed by atoms with E-state index >= 15 is 0 Å². The molecule has 42 heavy (non-hydrogen) atoms. The van der Waals surface area contributed by atoms with Crippen LogP contribution in [0.1, 0.15) is 40.0 Å². The lowest BCUT2D eigenvalue weighted by Crippen LogP contribution is -2.36. The number of hydrogen-bond donors (Lipinski definition) is 1. The van der Waals surface area contributed by atoms with E-state index in [-0.39, 0.29) is 24.0 Å². The van der Waals surface area contributed by atoms with E-state index in [1.165, 1.54) is 12.4 Å². The minimum absolute atomic E-state index is 0.0227. The monoisotopic (exact) mass is 602 g/mol. The minimum atomic E-state index is -0.918. The van der Waals surface area contributed by atoms with E-state index < -0.39 is 22.3 Å². The number of likely N-dealkylation sites (tertiary alicyclic amines) is 1. The number of carbonyl (C=O) groups excluding carboxylic acids is 1. The van der Waals surface area contributed by atoms with Crippen molar-refractivity contribution < 1.29 is 32.5 Å². The molecule has 224 valence electrons. The SMILES string of the molecule is CC(C)(C)OC(=O)N1C[C@H]2CC(Oc3cc4c(Nc5ccc(F)c(Cl)c5F)ncnc4cc3O[C@H]3CCOC3)C[C@H]2C1. The summed E-state index contributed by atoms with van der Waals surface area (Å²) in [7, 11) is 0. The summed E-state index contributed by atoms with van der Waals surface area (Å²) in [5.74, 6) is 0.197. The van der Waals surface area contributed by atoms with Crippen molar-refractivity contribution in [1.82, 2.24) is 14.9 Å². The van der Waals surface area contributed by atoms with Crippen LogP contribution in [0, 0.1) is 23.5 Å². The lowest BCUT2D eigenvalue weighted by molar-refractivity contribution is 0.0271. The third-order valence-corrected chi connectivity index (χ3v) is 8.17. The van der Waals surface area contributed by atoms with Crippen molar-refractivity contribution in [3.63, 3.8) is 0 Å². The molecule has 9 nitrogen and oxygen atoms in total. The molecule has 0 radical (unpaired) electrons. The lowest BCUT2D eigenvalue weighted by atomic mass is 10.0. The Morgan fingerprint density at radius 3 is 2.48 bits per heavy atom. The second-order valence-corrected chi connectivity index (χ2v) is 12.5. The molecule has 1 aromatic heterocycles. The number of fused-ring (bicyclic) bond motifs is 2. The molecule has 3 fully saturated rings. The highest BCUT2D eigenvalue weighted by Gasteiger charge is 2.44. The number of ether oxygens (including phenoxy) is 4. The Bertz CT molecular complexity index is 1480. The standard InChI is InChI=1S/C30H33ClF2N4O5/c1-30(2,3)42-29(38)37-12-16-8-19(9-17(16)13-37)41-24-10-20-23(11-25(24)40-18-6-7-39-14-18)34-15-35-28(20)36-22-5-4-21(32)26(31)27(22)33/h4-5,10-11,15-19H,6-9,12-14H2,1-3H3,(H,34,35,36)/t16-,17+,18-,19?/m0/s1. The van der Waals surface area contributed by atoms with E-state index in [0.717, 1.165) is 25.3 Å². The Hall–Kier alpha value is -3.44. The first-order valence-electron chi connectivity index (χ1n) is 14.1. The van der Waals surface area contributed by atoms with Gasteiger partial charge < -0.3 is 29.2 Å². The largest absolute Gasteiger partial charge is 0.486 e. The fraction of sp³-hybridized carbons (Fsp3) is 0.500. The van der Waals surface area contributed by atoms with Gasteiger partial charge in [-0.15, -0.1) is 0 Å². The number of amides is 1. The number of benzene rings is 2. The molecule has 3 aliphatic rings. The summed E-state index contributed by atoms with van der Waals surface area (Å²) in [5, 5.41) is 2.88. The van der Waals surface area contributed by atoms with Gasteiger partial charge in [-0.05, 0) is 63.6 Å². The molecule has 1 N–H and O–H groups in total. The molecule has 2 aromatic carbocycles. The van der Waals surface area contributed by atoms with Crippen molar-refractivity contribution >= 4 is 40.1 Å². The van der Waals surface area contributed by atoms with Gasteiger partial charge in [-0.25, -0.2) is 23.5 Å². The van der Waals surface area contributed by atoms with E-state index in [0.29, 0.717) is 66.4 Å². The summed E-state index contributed by atoms with van der Waals surface area (Å²) >= 11 is 5.79. The number of halogens is 3. The Morgan fingerprint density at radius 1 is 1.07 bits per heavy atom. The minimum Gasteiger partial charge on any atom is -0.486 e. The van der Waals surface area contributed by atoms with Gasteiger partial charge in [0.15, 0.2) is 17.3 Å².